The number of benzene rings is 1. The molecule has 1 saturated heterocycles. The van der Waals surface area contributed by atoms with E-state index in [1.165, 1.54) is 24.2 Å². The number of piperidine rings is 1. The van der Waals surface area contributed by atoms with E-state index in [9.17, 15) is 4.79 Å². The number of thiazole rings is 1. The van der Waals surface area contributed by atoms with Crippen LogP contribution in [0.2, 0.25) is 0 Å². The molecule has 1 fully saturated rings. The number of likely N-dealkylation sites (tertiary alicyclic amines) is 1. The average Bonchev–Trinajstić information content (AvgIpc) is 2.95. The van der Waals surface area contributed by atoms with Gasteiger partial charge in [-0.15, -0.1) is 11.3 Å². The van der Waals surface area contributed by atoms with Crippen molar-refractivity contribution in [2.24, 2.45) is 5.92 Å². The molecule has 0 aliphatic carbocycles. The number of rotatable bonds is 4. The van der Waals surface area contributed by atoms with Crippen molar-refractivity contribution in [2.45, 2.75) is 19.8 Å². The van der Waals surface area contributed by atoms with E-state index >= 15 is 0 Å². The van der Waals surface area contributed by atoms with Crippen molar-refractivity contribution in [3.63, 3.8) is 0 Å². The molecule has 3 rings (SSSR count). The summed E-state index contributed by atoms with van der Waals surface area (Å²) in [5.41, 5.74) is 1.80. The minimum Gasteiger partial charge on any atom is -0.351 e. The fraction of sp³-hybridized carbons (Fsp3) is 0.444. The Balaban J connectivity index is 1.70. The second-order valence-corrected chi connectivity index (χ2v) is 7.46. The zero-order valence-corrected chi connectivity index (χ0v) is 14.5. The Morgan fingerprint density at radius 2 is 2.17 bits per heavy atom. The highest BCUT2D eigenvalue weighted by Gasteiger charge is 2.21. The van der Waals surface area contributed by atoms with Gasteiger partial charge in [-0.3, -0.25) is 4.79 Å². The SMILES string of the molecule is Cc1nc(-c2ccccc2)c(C(=O)NC[C@H]2CCCN(C)C2)s1. The maximum Gasteiger partial charge on any atom is 0.263 e. The zero-order valence-electron chi connectivity index (χ0n) is 13.7. The third-order valence-electron chi connectivity index (χ3n) is 4.26. The van der Waals surface area contributed by atoms with E-state index < -0.39 is 0 Å². The van der Waals surface area contributed by atoms with Gasteiger partial charge in [0.1, 0.15) is 4.88 Å². The molecule has 1 N–H and O–H groups in total. The van der Waals surface area contributed by atoms with Crippen LogP contribution in [0.15, 0.2) is 30.3 Å². The molecule has 23 heavy (non-hydrogen) atoms. The largest absolute Gasteiger partial charge is 0.351 e. The molecule has 2 heterocycles. The standard InChI is InChI=1S/C18H23N3OS/c1-13-20-16(15-8-4-3-5-9-15)17(23-13)18(22)19-11-14-7-6-10-21(2)12-14/h3-5,8-9,14H,6-7,10-12H2,1-2H3,(H,19,22)/t14-/m1/s1. The highest BCUT2D eigenvalue weighted by molar-refractivity contribution is 7.14. The zero-order chi connectivity index (χ0) is 16.2. The molecule has 1 aromatic carbocycles. The molecule has 0 saturated carbocycles. The summed E-state index contributed by atoms with van der Waals surface area (Å²) in [4.78, 5) is 20.2. The Hall–Kier alpha value is -1.72. The smallest absolute Gasteiger partial charge is 0.263 e. The van der Waals surface area contributed by atoms with Gasteiger partial charge in [-0.05, 0) is 39.3 Å². The normalized spacial score (nSPS) is 18.8. The van der Waals surface area contributed by atoms with Gasteiger partial charge in [0, 0.05) is 18.7 Å². The molecule has 0 bridgehead atoms. The lowest BCUT2D eigenvalue weighted by molar-refractivity contribution is 0.0941. The number of carbonyl (C=O) groups excluding carboxylic acids is 1. The second kappa shape index (κ2) is 7.23. The summed E-state index contributed by atoms with van der Waals surface area (Å²) < 4.78 is 0. The summed E-state index contributed by atoms with van der Waals surface area (Å²) >= 11 is 1.47. The highest BCUT2D eigenvalue weighted by Crippen LogP contribution is 2.28. The Bertz CT molecular complexity index is 668. The number of hydrogen-bond acceptors (Lipinski definition) is 4. The number of nitrogens with one attached hydrogen (secondary N) is 1. The van der Waals surface area contributed by atoms with Gasteiger partial charge >= 0.3 is 0 Å². The summed E-state index contributed by atoms with van der Waals surface area (Å²) in [6.45, 7) is 4.92. The lowest BCUT2D eigenvalue weighted by Crippen LogP contribution is -2.39. The van der Waals surface area contributed by atoms with Gasteiger partial charge in [0.05, 0.1) is 10.7 Å². The lowest BCUT2D eigenvalue weighted by atomic mass is 9.98. The predicted octanol–water partition coefficient (Wildman–Crippen LogP) is 3.19. The number of carbonyl (C=O) groups is 1. The van der Waals surface area contributed by atoms with Crippen LogP contribution in [-0.2, 0) is 0 Å². The van der Waals surface area contributed by atoms with Crippen molar-refractivity contribution in [3.8, 4) is 11.3 Å². The second-order valence-electron chi connectivity index (χ2n) is 6.26. The summed E-state index contributed by atoms with van der Waals surface area (Å²) in [6.07, 6.45) is 2.41. The van der Waals surface area contributed by atoms with E-state index in [1.54, 1.807) is 0 Å². The van der Waals surface area contributed by atoms with Gasteiger partial charge in [0.15, 0.2) is 0 Å². The van der Waals surface area contributed by atoms with Crippen LogP contribution in [0.25, 0.3) is 11.3 Å². The summed E-state index contributed by atoms with van der Waals surface area (Å²) in [6, 6.07) is 9.93. The number of amides is 1. The first kappa shape index (κ1) is 16.1. The fourth-order valence-electron chi connectivity index (χ4n) is 3.13. The van der Waals surface area contributed by atoms with Crippen molar-refractivity contribution in [1.29, 1.82) is 0 Å². The molecule has 122 valence electrons. The van der Waals surface area contributed by atoms with Crippen LogP contribution >= 0.6 is 11.3 Å². The minimum absolute atomic E-state index is 0.00248. The quantitative estimate of drug-likeness (QED) is 0.937. The van der Waals surface area contributed by atoms with Crippen molar-refractivity contribution >= 4 is 17.2 Å². The van der Waals surface area contributed by atoms with Gasteiger partial charge in [-0.25, -0.2) is 4.98 Å². The number of hydrogen-bond donors (Lipinski definition) is 1. The Kier molecular flexibility index (Phi) is 5.08. The van der Waals surface area contributed by atoms with Crippen LogP contribution in [0.1, 0.15) is 27.5 Å². The summed E-state index contributed by atoms with van der Waals surface area (Å²) in [5.74, 6) is 0.551. The molecule has 0 unspecified atom stereocenters. The monoisotopic (exact) mass is 329 g/mol. The van der Waals surface area contributed by atoms with Crippen LogP contribution in [0.3, 0.4) is 0 Å². The van der Waals surface area contributed by atoms with Gasteiger partial charge in [0.2, 0.25) is 0 Å². The molecule has 1 aliphatic rings. The number of aryl methyl sites for hydroxylation is 1. The van der Waals surface area contributed by atoms with Crippen molar-refractivity contribution in [3.05, 3.63) is 40.2 Å². The van der Waals surface area contributed by atoms with Gasteiger partial charge in [-0.1, -0.05) is 30.3 Å². The Morgan fingerprint density at radius 3 is 2.91 bits per heavy atom. The Morgan fingerprint density at radius 1 is 1.39 bits per heavy atom. The van der Waals surface area contributed by atoms with Gasteiger partial charge in [-0.2, -0.15) is 0 Å². The molecule has 2 aromatic rings. The summed E-state index contributed by atoms with van der Waals surface area (Å²) in [5, 5.41) is 4.04. The third kappa shape index (κ3) is 3.98. The van der Waals surface area contributed by atoms with Crippen LogP contribution in [0.5, 0.6) is 0 Å². The minimum atomic E-state index is 0.00248. The molecule has 0 radical (unpaired) electrons. The van der Waals surface area contributed by atoms with Gasteiger partial charge in [0.25, 0.3) is 5.91 Å². The van der Waals surface area contributed by atoms with E-state index in [4.69, 9.17) is 0 Å². The molecule has 1 amide bonds. The first-order valence-corrected chi connectivity index (χ1v) is 8.94. The molecular formula is C18H23N3OS. The maximum absolute atomic E-state index is 12.6. The number of nitrogens with zero attached hydrogens (tertiary/aromatic N) is 2. The topological polar surface area (TPSA) is 45.2 Å². The molecule has 5 heteroatoms. The fourth-order valence-corrected chi connectivity index (χ4v) is 3.99. The molecule has 1 atom stereocenters. The lowest BCUT2D eigenvalue weighted by Gasteiger charge is -2.29. The van der Waals surface area contributed by atoms with Crippen molar-refractivity contribution in [1.82, 2.24) is 15.2 Å². The molecule has 0 spiro atoms. The average molecular weight is 329 g/mol. The first-order valence-electron chi connectivity index (χ1n) is 8.13. The first-order chi connectivity index (χ1) is 11.1. The van der Waals surface area contributed by atoms with Crippen LogP contribution in [0, 0.1) is 12.8 Å². The molecule has 1 aliphatic heterocycles. The number of aromatic nitrogens is 1. The van der Waals surface area contributed by atoms with Gasteiger partial charge < -0.3 is 10.2 Å². The maximum atomic E-state index is 12.6. The van der Waals surface area contributed by atoms with E-state index in [1.807, 2.05) is 37.3 Å². The van der Waals surface area contributed by atoms with Crippen LogP contribution < -0.4 is 5.32 Å². The van der Waals surface area contributed by atoms with Crippen LogP contribution in [0.4, 0.5) is 0 Å². The van der Waals surface area contributed by atoms with E-state index in [0.29, 0.717) is 5.92 Å². The van der Waals surface area contributed by atoms with Crippen LogP contribution in [-0.4, -0.2) is 42.5 Å². The van der Waals surface area contributed by atoms with E-state index in [-0.39, 0.29) is 5.91 Å². The predicted molar refractivity (Wildman–Crippen MR) is 94.8 cm³/mol. The Labute approximate surface area is 141 Å². The molecule has 4 nitrogen and oxygen atoms in total. The van der Waals surface area contributed by atoms with E-state index in [2.05, 4.69) is 22.2 Å². The van der Waals surface area contributed by atoms with Crippen molar-refractivity contribution < 1.29 is 4.79 Å². The van der Waals surface area contributed by atoms with E-state index in [0.717, 1.165) is 40.8 Å². The van der Waals surface area contributed by atoms with Crippen molar-refractivity contribution in [2.75, 3.05) is 26.7 Å². The highest BCUT2D eigenvalue weighted by atomic mass is 32.1. The third-order valence-corrected chi connectivity index (χ3v) is 5.23. The summed E-state index contributed by atoms with van der Waals surface area (Å²) in [7, 11) is 2.15. The molecule has 1 aromatic heterocycles. The molecular weight excluding hydrogens is 306 g/mol.